The van der Waals surface area contributed by atoms with Gasteiger partial charge in [-0.3, -0.25) is 0 Å². The Labute approximate surface area is 260 Å². The first-order valence-electron chi connectivity index (χ1n) is 16.3. The fourth-order valence-corrected chi connectivity index (χ4v) is 8.98. The lowest BCUT2D eigenvalue weighted by atomic mass is 9.66. The topological polar surface area (TPSA) is 3.24 Å². The van der Waals surface area contributed by atoms with Gasteiger partial charge < -0.3 is 4.90 Å². The molecule has 0 aromatic heterocycles. The third-order valence-electron chi connectivity index (χ3n) is 11.4. The number of para-hydroxylation sites is 1. The minimum absolute atomic E-state index is 0.0440. The lowest BCUT2D eigenvalue weighted by Crippen LogP contribution is -2.52. The number of benzene rings is 7. The summed E-state index contributed by atoms with van der Waals surface area (Å²) < 4.78 is 0. The third-order valence-corrected chi connectivity index (χ3v) is 11.4. The van der Waals surface area contributed by atoms with Crippen molar-refractivity contribution >= 4 is 43.7 Å². The van der Waals surface area contributed by atoms with E-state index in [1.165, 1.54) is 104 Å². The van der Waals surface area contributed by atoms with E-state index in [-0.39, 0.29) is 11.0 Å². The van der Waals surface area contributed by atoms with Gasteiger partial charge in [-0.2, -0.15) is 0 Å². The standard InChI is InChI=1S/C43H37N/c1-42-26-10-5-11-27-43(42,2)44(33-14-8-4-9-15-33)39-25-20-32(28-38(39)42)35-22-17-31-18-23-36-34(29-12-6-3-7-13-29)21-16-30-19-24-37(35)41(31)40(30)36/h3-4,6-9,12-25,28H,5,10-11,26-27H2,1-2H3. The van der Waals surface area contributed by atoms with Crippen LogP contribution in [0.4, 0.5) is 11.4 Å². The maximum atomic E-state index is 2.69. The van der Waals surface area contributed by atoms with Gasteiger partial charge in [0.1, 0.15) is 0 Å². The van der Waals surface area contributed by atoms with Gasteiger partial charge in [-0.25, -0.2) is 0 Å². The molecular weight excluding hydrogens is 530 g/mol. The van der Waals surface area contributed by atoms with E-state index in [1.807, 2.05) is 0 Å². The van der Waals surface area contributed by atoms with Gasteiger partial charge in [0.2, 0.25) is 0 Å². The summed E-state index contributed by atoms with van der Waals surface area (Å²) in [4.78, 5) is 2.69. The molecule has 1 heteroatoms. The van der Waals surface area contributed by atoms with Crippen LogP contribution in [0.25, 0.3) is 54.6 Å². The van der Waals surface area contributed by atoms with Crippen molar-refractivity contribution in [2.24, 2.45) is 0 Å². The Kier molecular flexibility index (Phi) is 5.54. The largest absolute Gasteiger partial charge is 0.334 e. The molecule has 1 nitrogen and oxygen atoms in total. The van der Waals surface area contributed by atoms with Crippen molar-refractivity contribution < 1.29 is 0 Å². The molecule has 214 valence electrons. The van der Waals surface area contributed by atoms with Crippen LogP contribution in [0, 0.1) is 0 Å². The third kappa shape index (κ3) is 3.47. The first-order chi connectivity index (χ1) is 21.6. The number of fused-ring (bicyclic) bond motifs is 3. The van der Waals surface area contributed by atoms with E-state index in [2.05, 4.69) is 146 Å². The zero-order valence-electron chi connectivity index (χ0n) is 25.6. The average molecular weight is 568 g/mol. The van der Waals surface area contributed by atoms with Gasteiger partial charge in [0.05, 0.1) is 5.54 Å². The minimum Gasteiger partial charge on any atom is -0.334 e. The smallest absolute Gasteiger partial charge is 0.0517 e. The molecule has 0 spiro atoms. The van der Waals surface area contributed by atoms with Crippen LogP contribution in [0.2, 0.25) is 0 Å². The van der Waals surface area contributed by atoms with Crippen LogP contribution in [0.3, 0.4) is 0 Å². The van der Waals surface area contributed by atoms with E-state index in [9.17, 15) is 0 Å². The highest BCUT2D eigenvalue weighted by Gasteiger charge is 2.56. The van der Waals surface area contributed by atoms with Gasteiger partial charge in [-0.05, 0) is 104 Å². The van der Waals surface area contributed by atoms with Crippen molar-refractivity contribution in [3.05, 3.63) is 133 Å². The van der Waals surface area contributed by atoms with Gasteiger partial charge in [0.15, 0.2) is 0 Å². The van der Waals surface area contributed by atoms with E-state index in [1.54, 1.807) is 0 Å². The second-order valence-electron chi connectivity index (χ2n) is 13.6. The zero-order chi connectivity index (χ0) is 29.5. The number of hydrogen-bond acceptors (Lipinski definition) is 1. The molecule has 0 saturated heterocycles. The Morgan fingerprint density at radius 3 is 1.80 bits per heavy atom. The summed E-state index contributed by atoms with van der Waals surface area (Å²) in [5.41, 5.74) is 9.57. The molecule has 1 saturated carbocycles. The number of nitrogens with zero attached hydrogens (tertiary/aromatic N) is 1. The molecule has 0 radical (unpaired) electrons. The summed E-state index contributed by atoms with van der Waals surface area (Å²) in [6.07, 6.45) is 6.34. The molecule has 1 aliphatic carbocycles. The average Bonchev–Trinajstić information content (AvgIpc) is 3.14. The second kappa shape index (κ2) is 9.44. The Morgan fingerprint density at radius 2 is 1.11 bits per heavy atom. The van der Waals surface area contributed by atoms with Crippen molar-refractivity contribution in [2.75, 3.05) is 4.90 Å². The van der Waals surface area contributed by atoms with Crippen LogP contribution in [0.15, 0.2) is 127 Å². The van der Waals surface area contributed by atoms with Crippen molar-refractivity contribution in [2.45, 2.75) is 56.9 Å². The van der Waals surface area contributed by atoms with Gasteiger partial charge in [0.25, 0.3) is 0 Å². The van der Waals surface area contributed by atoms with Crippen LogP contribution in [0.5, 0.6) is 0 Å². The molecule has 7 aromatic rings. The molecule has 0 amide bonds. The summed E-state index contributed by atoms with van der Waals surface area (Å²) in [7, 11) is 0. The number of anilines is 2. The maximum Gasteiger partial charge on any atom is 0.0517 e. The molecule has 1 aliphatic heterocycles. The predicted molar refractivity (Wildman–Crippen MR) is 188 cm³/mol. The minimum atomic E-state index is 0.0440. The van der Waals surface area contributed by atoms with Crippen LogP contribution in [-0.2, 0) is 5.41 Å². The van der Waals surface area contributed by atoms with Crippen molar-refractivity contribution in [3.63, 3.8) is 0 Å². The predicted octanol–water partition coefficient (Wildman–Crippen LogP) is 12.1. The van der Waals surface area contributed by atoms with E-state index < -0.39 is 0 Å². The number of hydrogen-bond donors (Lipinski definition) is 0. The Bertz CT molecular complexity index is 2180. The fraction of sp³-hybridized carbons (Fsp3) is 0.209. The Hall–Kier alpha value is -4.62. The highest BCUT2D eigenvalue weighted by atomic mass is 15.2. The molecule has 44 heavy (non-hydrogen) atoms. The number of rotatable bonds is 3. The first kappa shape index (κ1) is 25.8. The lowest BCUT2D eigenvalue weighted by molar-refractivity contribution is 0.261. The highest BCUT2D eigenvalue weighted by molar-refractivity contribution is 6.27. The first-order valence-corrected chi connectivity index (χ1v) is 16.3. The molecule has 9 rings (SSSR count). The van der Waals surface area contributed by atoms with Crippen molar-refractivity contribution in [1.82, 2.24) is 0 Å². The molecule has 1 fully saturated rings. The van der Waals surface area contributed by atoms with Gasteiger partial charge >= 0.3 is 0 Å². The van der Waals surface area contributed by atoms with E-state index in [4.69, 9.17) is 0 Å². The maximum absolute atomic E-state index is 2.69. The summed E-state index contributed by atoms with van der Waals surface area (Å²) >= 11 is 0. The monoisotopic (exact) mass is 567 g/mol. The summed E-state index contributed by atoms with van der Waals surface area (Å²) in [6.45, 7) is 5.09. The van der Waals surface area contributed by atoms with Gasteiger partial charge in [-0.15, -0.1) is 0 Å². The lowest BCUT2D eigenvalue weighted by Gasteiger charge is -2.46. The molecule has 7 aromatic carbocycles. The van der Waals surface area contributed by atoms with Crippen LogP contribution >= 0.6 is 0 Å². The molecular formula is C43H37N. The SMILES string of the molecule is CC12CCCCCC1(C)N(c1ccccc1)c1ccc(-c3ccc4ccc5c(-c6ccccc6)ccc6ccc3c4c65)cc12. The zero-order valence-corrected chi connectivity index (χ0v) is 25.6. The Balaban J connectivity index is 1.27. The van der Waals surface area contributed by atoms with E-state index in [0.29, 0.717) is 0 Å². The summed E-state index contributed by atoms with van der Waals surface area (Å²) in [5, 5.41) is 8.06. The quantitative estimate of drug-likeness (QED) is 0.192. The second-order valence-corrected chi connectivity index (χ2v) is 13.6. The molecule has 1 heterocycles. The van der Waals surface area contributed by atoms with E-state index >= 15 is 0 Å². The fourth-order valence-electron chi connectivity index (χ4n) is 8.98. The molecule has 0 N–H and O–H groups in total. The normalized spacial score (nSPS) is 21.5. The van der Waals surface area contributed by atoms with Crippen molar-refractivity contribution in [1.29, 1.82) is 0 Å². The highest BCUT2D eigenvalue weighted by Crippen LogP contribution is 2.60. The van der Waals surface area contributed by atoms with E-state index in [0.717, 1.165) is 0 Å². The molecule has 2 aliphatic rings. The Morgan fingerprint density at radius 1 is 0.523 bits per heavy atom. The molecule has 2 atom stereocenters. The van der Waals surface area contributed by atoms with Crippen LogP contribution < -0.4 is 4.90 Å². The van der Waals surface area contributed by atoms with Crippen LogP contribution in [0.1, 0.15) is 51.5 Å². The van der Waals surface area contributed by atoms with Crippen molar-refractivity contribution in [3.8, 4) is 22.3 Å². The molecule has 0 bridgehead atoms. The summed E-state index contributed by atoms with van der Waals surface area (Å²) in [6, 6.07) is 47.9. The molecule has 2 unspecified atom stereocenters. The van der Waals surface area contributed by atoms with Crippen LogP contribution in [-0.4, -0.2) is 5.54 Å². The van der Waals surface area contributed by atoms with Gasteiger partial charge in [-0.1, -0.05) is 129 Å². The van der Waals surface area contributed by atoms with Gasteiger partial charge in [0, 0.05) is 16.8 Å². The summed E-state index contributed by atoms with van der Waals surface area (Å²) in [5.74, 6) is 0.